The van der Waals surface area contributed by atoms with Crippen LogP contribution in [0.25, 0.3) is 0 Å². The Labute approximate surface area is 143 Å². The topological polar surface area (TPSA) is 77.6 Å². The molecule has 0 bridgehead atoms. The van der Waals surface area contributed by atoms with Crippen molar-refractivity contribution in [3.63, 3.8) is 0 Å². The van der Waals surface area contributed by atoms with Crippen LogP contribution in [0.5, 0.6) is 0 Å². The van der Waals surface area contributed by atoms with Gasteiger partial charge in [-0.15, -0.1) is 0 Å². The van der Waals surface area contributed by atoms with Gasteiger partial charge in [-0.25, -0.2) is 9.78 Å². The van der Waals surface area contributed by atoms with Crippen molar-refractivity contribution in [2.24, 2.45) is 5.92 Å². The van der Waals surface area contributed by atoms with Gasteiger partial charge in [-0.3, -0.25) is 4.79 Å². The van der Waals surface area contributed by atoms with Crippen LogP contribution in [-0.2, 0) is 4.79 Å². The number of hydrogen-bond acceptors (Lipinski definition) is 4. The number of carbonyl (C=O) groups excluding carboxylic acids is 2. The minimum atomic E-state index is -0.125. The van der Waals surface area contributed by atoms with Crippen LogP contribution in [0.2, 0.25) is 0 Å². The van der Waals surface area contributed by atoms with Gasteiger partial charge in [0.15, 0.2) is 0 Å². The molecule has 2 N–H and O–H groups in total. The fourth-order valence-electron chi connectivity index (χ4n) is 2.80. The summed E-state index contributed by atoms with van der Waals surface area (Å²) in [6.45, 7) is 4.39. The maximum absolute atomic E-state index is 12.3. The molecule has 0 aliphatic carbocycles. The van der Waals surface area contributed by atoms with E-state index in [4.69, 9.17) is 0 Å². The number of aromatic nitrogens is 1. The van der Waals surface area contributed by atoms with E-state index in [1.54, 1.807) is 30.1 Å². The van der Waals surface area contributed by atoms with Gasteiger partial charge in [-0.05, 0) is 37.5 Å². The van der Waals surface area contributed by atoms with Gasteiger partial charge in [0.1, 0.15) is 5.82 Å². The summed E-state index contributed by atoms with van der Waals surface area (Å²) < 4.78 is 0. The molecule has 2 rings (SSSR count). The lowest BCUT2D eigenvalue weighted by Gasteiger charge is -2.33. The summed E-state index contributed by atoms with van der Waals surface area (Å²) in [5.74, 6) is 0.703. The quantitative estimate of drug-likeness (QED) is 0.797. The SMILES string of the molecule is Cc1ccnc(NCCNC(=O)[C@H]2CCCN(C(=O)N(C)C)C2)c1. The molecule has 2 heterocycles. The molecule has 1 aliphatic heterocycles. The number of hydrogen-bond donors (Lipinski definition) is 2. The fraction of sp³-hybridized carbons (Fsp3) is 0.588. The molecule has 7 heteroatoms. The predicted molar refractivity (Wildman–Crippen MR) is 93.9 cm³/mol. The first-order valence-corrected chi connectivity index (χ1v) is 8.38. The largest absolute Gasteiger partial charge is 0.368 e. The van der Waals surface area contributed by atoms with Crippen LogP contribution < -0.4 is 10.6 Å². The summed E-state index contributed by atoms with van der Waals surface area (Å²) in [6, 6.07) is 3.88. The molecule has 1 saturated heterocycles. The highest BCUT2D eigenvalue weighted by molar-refractivity contribution is 5.80. The molecule has 1 aliphatic rings. The summed E-state index contributed by atoms with van der Waals surface area (Å²) in [6.07, 6.45) is 3.45. The Bertz CT molecular complexity index is 576. The molecule has 24 heavy (non-hydrogen) atoms. The summed E-state index contributed by atoms with van der Waals surface area (Å²) >= 11 is 0. The smallest absolute Gasteiger partial charge is 0.319 e. The number of amides is 3. The summed E-state index contributed by atoms with van der Waals surface area (Å²) in [7, 11) is 3.47. The molecule has 3 amide bonds. The fourth-order valence-corrected chi connectivity index (χ4v) is 2.80. The van der Waals surface area contributed by atoms with Crippen LogP contribution in [0, 0.1) is 12.8 Å². The minimum absolute atomic E-state index is 0.0188. The summed E-state index contributed by atoms with van der Waals surface area (Å²) in [4.78, 5) is 31.8. The molecule has 0 saturated carbocycles. The molecule has 0 spiro atoms. The molecule has 7 nitrogen and oxygen atoms in total. The summed E-state index contributed by atoms with van der Waals surface area (Å²) in [5.41, 5.74) is 1.14. The minimum Gasteiger partial charge on any atom is -0.368 e. The van der Waals surface area contributed by atoms with Crippen LogP contribution in [0.15, 0.2) is 18.3 Å². The summed E-state index contributed by atoms with van der Waals surface area (Å²) in [5, 5.41) is 6.13. The second kappa shape index (κ2) is 8.52. The van der Waals surface area contributed by atoms with E-state index in [9.17, 15) is 9.59 Å². The van der Waals surface area contributed by atoms with Crippen molar-refractivity contribution in [2.75, 3.05) is 45.6 Å². The van der Waals surface area contributed by atoms with Crippen molar-refractivity contribution >= 4 is 17.8 Å². The molecule has 0 radical (unpaired) electrons. The van der Waals surface area contributed by atoms with Gasteiger partial charge in [-0.2, -0.15) is 0 Å². The van der Waals surface area contributed by atoms with Crippen LogP contribution in [0.4, 0.5) is 10.6 Å². The standard InChI is InChI=1S/C17H27N5O2/c1-13-6-7-18-15(11-13)19-8-9-20-16(23)14-5-4-10-22(12-14)17(24)21(2)3/h6-7,11,14H,4-5,8-10,12H2,1-3H3,(H,18,19)(H,20,23)/t14-/m0/s1. The Morgan fingerprint density at radius 2 is 2.17 bits per heavy atom. The number of nitrogens with zero attached hydrogens (tertiary/aromatic N) is 3. The first-order valence-electron chi connectivity index (χ1n) is 8.38. The van der Waals surface area contributed by atoms with Gasteiger partial charge in [0, 0.05) is 46.5 Å². The van der Waals surface area contributed by atoms with Crippen molar-refractivity contribution < 1.29 is 9.59 Å². The predicted octanol–water partition coefficient (Wildman–Crippen LogP) is 1.31. The average molecular weight is 333 g/mol. The maximum Gasteiger partial charge on any atom is 0.319 e. The monoisotopic (exact) mass is 333 g/mol. The Kier molecular flexibility index (Phi) is 6.40. The molecule has 1 aromatic rings. The van der Waals surface area contributed by atoms with Gasteiger partial charge in [0.2, 0.25) is 5.91 Å². The van der Waals surface area contributed by atoms with Crippen molar-refractivity contribution in [1.29, 1.82) is 0 Å². The number of carbonyl (C=O) groups is 2. The van der Waals surface area contributed by atoms with E-state index in [0.717, 1.165) is 30.8 Å². The van der Waals surface area contributed by atoms with Gasteiger partial charge < -0.3 is 20.4 Å². The lowest BCUT2D eigenvalue weighted by molar-refractivity contribution is -0.126. The molecular formula is C17H27N5O2. The van der Waals surface area contributed by atoms with E-state index in [2.05, 4.69) is 15.6 Å². The molecule has 0 unspecified atom stereocenters. The highest BCUT2D eigenvalue weighted by Gasteiger charge is 2.28. The Morgan fingerprint density at radius 3 is 2.88 bits per heavy atom. The van der Waals surface area contributed by atoms with Crippen LogP contribution >= 0.6 is 0 Å². The molecule has 132 valence electrons. The van der Waals surface area contributed by atoms with Crippen LogP contribution in [0.1, 0.15) is 18.4 Å². The number of nitrogens with one attached hydrogen (secondary N) is 2. The van der Waals surface area contributed by atoms with Gasteiger partial charge in [-0.1, -0.05) is 0 Å². The average Bonchev–Trinajstić information content (AvgIpc) is 2.58. The van der Waals surface area contributed by atoms with E-state index in [1.165, 1.54) is 0 Å². The van der Waals surface area contributed by atoms with E-state index < -0.39 is 0 Å². The number of anilines is 1. The number of aryl methyl sites for hydroxylation is 1. The molecule has 0 aromatic carbocycles. The second-order valence-corrected chi connectivity index (χ2v) is 6.40. The normalized spacial score (nSPS) is 17.3. The van der Waals surface area contributed by atoms with Crippen LogP contribution in [0.3, 0.4) is 0 Å². The van der Waals surface area contributed by atoms with Crippen molar-refractivity contribution in [3.8, 4) is 0 Å². The zero-order valence-corrected chi connectivity index (χ0v) is 14.7. The highest BCUT2D eigenvalue weighted by Crippen LogP contribution is 2.17. The third-order valence-electron chi connectivity index (χ3n) is 4.09. The molecule has 1 aromatic heterocycles. The van der Waals surface area contributed by atoms with Crippen molar-refractivity contribution in [2.45, 2.75) is 19.8 Å². The van der Waals surface area contributed by atoms with E-state index in [0.29, 0.717) is 19.6 Å². The number of piperidine rings is 1. The Hall–Kier alpha value is -2.31. The first-order chi connectivity index (χ1) is 11.5. The molecule has 1 atom stereocenters. The lowest BCUT2D eigenvalue weighted by Crippen LogP contribution is -2.48. The molecule has 1 fully saturated rings. The highest BCUT2D eigenvalue weighted by atomic mass is 16.2. The van der Waals surface area contributed by atoms with E-state index in [-0.39, 0.29) is 17.9 Å². The van der Waals surface area contributed by atoms with Crippen molar-refractivity contribution in [1.82, 2.24) is 20.1 Å². The number of likely N-dealkylation sites (tertiary alicyclic amines) is 1. The number of pyridine rings is 1. The van der Waals surface area contributed by atoms with Gasteiger partial charge >= 0.3 is 6.03 Å². The number of rotatable bonds is 5. The Balaban J connectivity index is 1.73. The van der Waals surface area contributed by atoms with Gasteiger partial charge in [0.05, 0.1) is 5.92 Å². The van der Waals surface area contributed by atoms with Crippen molar-refractivity contribution in [3.05, 3.63) is 23.9 Å². The molecular weight excluding hydrogens is 306 g/mol. The van der Waals surface area contributed by atoms with E-state index >= 15 is 0 Å². The zero-order valence-electron chi connectivity index (χ0n) is 14.7. The number of urea groups is 1. The zero-order chi connectivity index (χ0) is 17.5. The third-order valence-corrected chi connectivity index (χ3v) is 4.09. The van der Waals surface area contributed by atoms with Gasteiger partial charge in [0.25, 0.3) is 0 Å². The lowest BCUT2D eigenvalue weighted by atomic mass is 9.97. The maximum atomic E-state index is 12.3. The van der Waals surface area contributed by atoms with Crippen LogP contribution in [-0.4, -0.2) is 67.0 Å². The Morgan fingerprint density at radius 1 is 1.38 bits per heavy atom. The first kappa shape index (κ1) is 18.0. The van der Waals surface area contributed by atoms with E-state index in [1.807, 2.05) is 19.1 Å². The second-order valence-electron chi connectivity index (χ2n) is 6.40. The third kappa shape index (κ3) is 5.11.